The van der Waals surface area contributed by atoms with Crippen molar-refractivity contribution in [2.75, 3.05) is 6.54 Å². The van der Waals surface area contributed by atoms with Gasteiger partial charge in [-0.05, 0) is 29.8 Å². The molecule has 1 heterocycles. The van der Waals surface area contributed by atoms with Crippen molar-refractivity contribution in [1.29, 1.82) is 0 Å². The topological polar surface area (TPSA) is 71.5 Å². The van der Waals surface area contributed by atoms with E-state index in [2.05, 4.69) is 15.0 Å². The lowest BCUT2D eigenvalue weighted by atomic mass is 10.1. The Labute approximate surface area is 135 Å². The fourth-order valence-corrected chi connectivity index (χ4v) is 1.99. The third kappa shape index (κ3) is 5.15. The number of carbonyl (C=O) groups is 1. The molecule has 0 fully saturated rings. The summed E-state index contributed by atoms with van der Waals surface area (Å²) < 4.78 is 28.6. The monoisotopic (exact) mass is 342 g/mol. The smallest absolute Gasteiger partial charge is 0.387 e. The maximum atomic E-state index is 12.2. The molecule has 23 heavy (non-hydrogen) atoms. The van der Waals surface area contributed by atoms with E-state index >= 15 is 0 Å². The second-order valence-corrected chi connectivity index (χ2v) is 4.91. The molecule has 1 aromatic heterocycles. The molecule has 1 atom stereocenters. The zero-order chi connectivity index (χ0) is 16.8. The van der Waals surface area contributed by atoms with E-state index in [1.165, 1.54) is 36.4 Å². The third-order valence-corrected chi connectivity index (χ3v) is 3.08. The van der Waals surface area contributed by atoms with E-state index in [4.69, 9.17) is 11.6 Å². The molecule has 0 saturated carbocycles. The summed E-state index contributed by atoms with van der Waals surface area (Å²) in [6.07, 6.45) is -1.08. The van der Waals surface area contributed by atoms with Crippen LogP contribution in [0.5, 0.6) is 5.75 Å². The molecule has 0 aliphatic rings. The van der Waals surface area contributed by atoms with Gasteiger partial charge in [0.25, 0.3) is 5.91 Å². The summed E-state index contributed by atoms with van der Waals surface area (Å²) in [5.41, 5.74) is 0.446. The number of nitrogens with zero attached hydrogens (tertiary/aromatic N) is 1. The predicted octanol–water partition coefficient (Wildman–Crippen LogP) is 2.80. The molecule has 8 heteroatoms. The molecule has 0 aliphatic heterocycles. The van der Waals surface area contributed by atoms with Crippen LogP contribution in [-0.2, 0) is 0 Å². The van der Waals surface area contributed by atoms with Crippen molar-refractivity contribution < 1.29 is 23.4 Å². The summed E-state index contributed by atoms with van der Waals surface area (Å²) in [4.78, 5) is 15.7. The van der Waals surface area contributed by atoms with E-state index < -0.39 is 18.6 Å². The number of benzene rings is 1. The van der Waals surface area contributed by atoms with Gasteiger partial charge in [-0.25, -0.2) is 4.98 Å². The first-order chi connectivity index (χ1) is 11.0. The average molecular weight is 343 g/mol. The van der Waals surface area contributed by atoms with E-state index in [0.29, 0.717) is 5.56 Å². The van der Waals surface area contributed by atoms with E-state index in [1.807, 2.05) is 0 Å². The Morgan fingerprint density at radius 1 is 1.30 bits per heavy atom. The van der Waals surface area contributed by atoms with Crippen LogP contribution in [0.25, 0.3) is 0 Å². The molecule has 2 rings (SSSR count). The Balaban J connectivity index is 1.96. The number of nitrogens with one attached hydrogen (secondary N) is 1. The van der Waals surface area contributed by atoms with E-state index in [1.54, 1.807) is 6.07 Å². The van der Waals surface area contributed by atoms with Crippen molar-refractivity contribution in [3.63, 3.8) is 0 Å². The van der Waals surface area contributed by atoms with Gasteiger partial charge in [-0.15, -0.1) is 0 Å². The molecule has 0 spiro atoms. The largest absolute Gasteiger partial charge is 0.435 e. The minimum Gasteiger partial charge on any atom is -0.435 e. The number of aliphatic hydroxyl groups is 1. The number of carbonyl (C=O) groups excluding carboxylic acids is 1. The average Bonchev–Trinajstić information content (AvgIpc) is 2.52. The number of pyridine rings is 1. The standard InChI is InChI=1S/C15H13ClF2N2O3/c16-13-6-2-5-11(20-13)14(22)19-8-12(21)9-3-1-4-10(7-9)23-15(17)18/h1-7,12,15,21H,8H2,(H,19,22). The number of aliphatic hydroxyl groups excluding tert-OH is 1. The summed E-state index contributed by atoms with van der Waals surface area (Å²) in [6, 6.07) is 10.2. The van der Waals surface area contributed by atoms with Gasteiger partial charge in [0.1, 0.15) is 16.6 Å². The summed E-state index contributed by atoms with van der Waals surface area (Å²) in [7, 11) is 0. The Bertz CT molecular complexity index is 685. The fraction of sp³-hybridized carbons (Fsp3) is 0.200. The van der Waals surface area contributed by atoms with Crippen LogP contribution in [0.15, 0.2) is 42.5 Å². The van der Waals surface area contributed by atoms with Crippen LogP contribution in [0.2, 0.25) is 5.15 Å². The quantitative estimate of drug-likeness (QED) is 0.792. The fourth-order valence-electron chi connectivity index (χ4n) is 1.83. The van der Waals surface area contributed by atoms with Crippen molar-refractivity contribution in [3.8, 4) is 5.75 Å². The molecule has 0 bridgehead atoms. The molecule has 1 amide bonds. The van der Waals surface area contributed by atoms with Crippen molar-refractivity contribution in [3.05, 3.63) is 58.9 Å². The summed E-state index contributed by atoms with van der Waals surface area (Å²) in [6.45, 7) is -3.07. The van der Waals surface area contributed by atoms with E-state index in [9.17, 15) is 18.7 Å². The minimum atomic E-state index is -2.95. The molecule has 2 aromatic rings. The second kappa shape index (κ2) is 7.85. The summed E-state index contributed by atoms with van der Waals surface area (Å²) in [5, 5.41) is 12.7. The lowest BCUT2D eigenvalue weighted by Gasteiger charge is -2.13. The van der Waals surface area contributed by atoms with Crippen LogP contribution in [0.4, 0.5) is 8.78 Å². The van der Waals surface area contributed by atoms with Crippen LogP contribution in [0, 0.1) is 0 Å². The molecule has 5 nitrogen and oxygen atoms in total. The predicted molar refractivity (Wildman–Crippen MR) is 79.6 cm³/mol. The SMILES string of the molecule is O=C(NCC(O)c1cccc(OC(F)F)c1)c1cccc(Cl)n1. The number of halogens is 3. The van der Waals surface area contributed by atoms with Crippen molar-refractivity contribution in [2.24, 2.45) is 0 Å². The number of rotatable bonds is 6. The number of hydrogen-bond acceptors (Lipinski definition) is 4. The van der Waals surface area contributed by atoms with Gasteiger partial charge in [-0.1, -0.05) is 29.8 Å². The summed E-state index contributed by atoms with van der Waals surface area (Å²) >= 11 is 5.69. The molecule has 0 aliphatic carbocycles. The van der Waals surface area contributed by atoms with Gasteiger partial charge in [-0.3, -0.25) is 4.79 Å². The first kappa shape index (κ1) is 17.1. The maximum absolute atomic E-state index is 12.2. The normalized spacial score (nSPS) is 12.0. The first-order valence-electron chi connectivity index (χ1n) is 6.59. The van der Waals surface area contributed by atoms with Gasteiger partial charge >= 0.3 is 6.61 Å². The van der Waals surface area contributed by atoms with Crippen molar-refractivity contribution in [2.45, 2.75) is 12.7 Å². The molecule has 2 N–H and O–H groups in total. The number of ether oxygens (including phenoxy) is 1. The van der Waals surface area contributed by atoms with E-state index in [-0.39, 0.29) is 23.1 Å². The van der Waals surface area contributed by atoms with Crippen LogP contribution < -0.4 is 10.1 Å². The number of amides is 1. The molecule has 1 unspecified atom stereocenters. The van der Waals surface area contributed by atoms with Crippen LogP contribution >= 0.6 is 11.6 Å². The van der Waals surface area contributed by atoms with Crippen molar-refractivity contribution >= 4 is 17.5 Å². The molecular formula is C15H13ClF2N2O3. The molecule has 0 saturated heterocycles. The highest BCUT2D eigenvalue weighted by Crippen LogP contribution is 2.20. The Morgan fingerprint density at radius 3 is 2.74 bits per heavy atom. The molecular weight excluding hydrogens is 330 g/mol. The Hall–Kier alpha value is -2.25. The third-order valence-electron chi connectivity index (χ3n) is 2.87. The van der Waals surface area contributed by atoms with Crippen LogP contribution in [0.1, 0.15) is 22.2 Å². The van der Waals surface area contributed by atoms with Crippen LogP contribution in [0.3, 0.4) is 0 Å². The Kier molecular flexibility index (Phi) is 5.84. The first-order valence-corrected chi connectivity index (χ1v) is 6.97. The Morgan fingerprint density at radius 2 is 2.04 bits per heavy atom. The molecule has 122 valence electrons. The molecule has 1 aromatic carbocycles. The van der Waals surface area contributed by atoms with E-state index in [0.717, 1.165) is 0 Å². The zero-order valence-corrected chi connectivity index (χ0v) is 12.5. The van der Waals surface area contributed by atoms with Gasteiger partial charge in [0.15, 0.2) is 0 Å². The zero-order valence-electron chi connectivity index (χ0n) is 11.7. The summed E-state index contributed by atoms with van der Waals surface area (Å²) in [5.74, 6) is -0.578. The maximum Gasteiger partial charge on any atom is 0.387 e. The highest BCUT2D eigenvalue weighted by Gasteiger charge is 2.13. The lowest BCUT2D eigenvalue weighted by Crippen LogP contribution is -2.29. The van der Waals surface area contributed by atoms with Crippen molar-refractivity contribution in [1.82, 2.24) is 10.3 Å². The number of aromatic nitrogens is 1. The number of alkyl halides is 2. The van der Waals surface area contributed by atoms with Gasteiger partial charge in [0.2, 0.25) is 0 Å². The highest BCUT2D eigenvalue weighted by molar-refractivity contribution is 6.29. The van der Waals surface area contributed by atoms with Gasteiger partial charge < -0.3 is 15.2 Å². The number of hydrogen-bond donors (Lipinski definition) is 2. The van der Waals surface area contributed by atoms with Gasteiger partial charge in [-0.2, -0.15) is 8.78 Å². The second-order valence-electron chi connectivity index (χ2n) is 4.52. The highest BCUT2D eigenvalue weighted by atomic mass is 35.5. The van der Waals surface area contributed by atoms with Gasteiger partial charge in [0, 0.05) is 6.54 Å². The lowest BCUT2D eigenvalue weighted by molar-refractivity contribution is -0.0499. The molecule has 0 radical (unpaired) electrons. The van der Waals surface area contributed by atoms with Gasteiger partial charge in [0.05, 0.1) is 6.10 Å². The minimum absolute atomic E-state index is 0.0700. The van der Waals surface area contributed by atoms with Crippen LogP contribution in [-0.4, -0.2) is 29.2 Å².